The summed E-state index contributed by atoms with van der Waals surface area (Å²) < 4.78 is 0. The summed E-state index contributed by atoms with van der Waals surface area (Å²) in [6, 6.07) is 1.90. The van der Waals surface area contributed by atoms with Crippen molar-refractivity contribution in [2.24, 2.45) is 11.8 Å². The van der Waals surface area contributed by atoms with Crippen molar-refractivity contribution >= 4 is 27.8 Å². The Hall–Kier alpha value is -1.03. The van der Waals surface area contributed by atoms with E-state index < -0.39 is 0 Å². The summed E-state index contributed by atoms with van der Waals surface area (Å²) in [7, 11) is 0. The molecule has 1 atom stereocenters. The van der Waals surface area contributed by atoms with Crippen LogP contribution in [0, 0.1) is 11.8 Å². The fraction of sp³-hybridized carbons (Fsp3) is 0.688. The van der Waals surface area contributed by atoms with Gasteiger partial charge in [0.2, 0.25) is 0 Å². The standard InChI is InChI=1S/C16H28N2OS/c1-5-7-8-12(6-2)10-18-14-9-13(17)16(20-14)15(19)11(3)4/h9,11-12,18H,5-8,10,17H2,1-4H3. The van der Waals surface area contributed by atoms with Crippen molar-refractivity contribution in [3.8, 4) is 0 Å². The van der Waals surface area contributed by atoms with E-state index in [0.29, 0.717) is 16.5 Å². The normalized spacial score (nSPS) is 12.7. The monoisotopic (exact) mass is 296 g/mol. The lowest BCUT2D eigenvalue weighted by Gasteiger charge is -2.14. The predicted octanol–water partition coefficient (Wildman–Crippen LogP) is 4.80. The van der Waals surface area contributed by atoms with E-state index in [-0.39, 0.29) is 11.7 Å². The van der Waals surface area contributed by atoms with E-state index in [1.54, 1.807) is 0 Å². The predicted molar refractivity (Wildman–Crippen MR) is 89.7 cm³/mol. The number of nitrogens with one attached hydrogen (secondary N) is 1. The average molecular weight is 296 g/mol. The molecule has 0 amide bonds. The van der Waals surface area contributed by atoms with E-state index in [9.17, 15) is 4.79 Å². The number of thiophene rings is 1. The smallest absolute Gasteiger partial charge is 0.177 e. The molecule has 1 aromatic rings. The second-order valence-corrected chi connectivity index (χ2v) is 6.76. The Morgan fingerprint density at radius 2 is 2.10 bits per heavy atom. The van der Waals surface area contributed by atoms with Crippen LogP contribution in [0.4, 0.5) is 10.7 Å². The molecule has 3 nitrogen and oxygen atoms in total. The molecule has 1 heterocycles. The van der Waals surface area contributed by atoms with Gasteiger partial charge in [0, 0.05) is 12.5 Å². The van der Waals surface area contributed by atoms with E-state index in [1.807, 2.05) is 19.9 Å². The summed E-state index contributed by atoms with van der Waals surface area (Å²) in [6.07, 6.45) is 4.98. The van der Waals surface area contributed by atoms with Gasteiger partial charge in [0.15, 0.2) is 5.78 Å². The molecule has 1 aromatic heterocycles. The van der Waals surface area contributed by atoms with Crippen molar-refractivity contribution in [2.75, 3.05) is 17.6 Å². The number of hydrogen-bond donors (Lipinski definition) is 2. The van der Waals surface area contributed by atoms with Crippen LogP contribution in [0.1, 0.15) is 63.0 Å². The Morgan fingerprint density at radius 3 is 2.65 bits per heavy atom. The van der Waals surface area contributed by atoms with Crippen LogP contribution in [0.25, 0.3) is 0 Å². The van der Waals surface area contributed by atoms with Crippen LogP contribution in [0.2, 0.25) is 0 Å². The quantitative estimate of drug-likeness (QED) is 0.644. The first-order valence-corrected chi connectivity index (χ1v) is 8.48. The Morgan fingerprint density at radius 1 is 1.40 bits per heavy atom. The SMILES string of the molecule is CCCCC(CC)CNc1cc(N)c(C(=O)C(C)C)s1. The van der Waals surface area contributed by atoms with Gasteiger partial charge in [0.25, 0.3) is 0 Å². The second kappa shape index (κ2) is 8.30. The van der Waals surface area contributed by atoms with E-state index >= 15 is 0 Å². The minimum absolute atomic E-state index is 0.00301. The third kappa shape index (κ3) is 4.82. The van der Waals surface area contributed by atoms with Crippen molar-refractivity contribution in [3.05, 3.63) is 10.9 Å². The maximum Gasteiger partial charge on any atom is 0.177 e. The zero-order chi connectivity index (χ0) is 15.1. The highest BCUT2D eigenvalue weighted by molar-refractivity contribution is 7.18. The summed E-state index contributed by atoms with van der Waals surface area (Å²) in [5.74, 6) is 0.831. The zero-order valence-corrected chi connectivity index (χ0v) is 14.0. The van der Waals surface area contributed by atoms with Crippen molar-refractivity contribution in [2.45, 2.75) is 53.4 Å². The van der Waals surface area contributed by atoms with Crippen LogP contribution in [0.3, 0.4) is 0 Å². The molecule has 114 valence electrons. The number of Topliss-reactive ketones (excluding diaryl/α,β-unsaturated/α-hetero) is 1. The van der Waals surface area contributed by atoms with Crippen LogP contribution in [-0.2, 0) is 0 Å². The highest BCUT2D eigenvalue weighted by atomic mass is 32.1. The number of anilines is 2. The van der Waals surface area contributed by atoms with Gasteiger partial charge in [-0.05, 0) is 18.4 Å². The lowest BCUT2D eigenvalue weighted by Crippen LogP contribution is -2.12. The highest BCUT2D eigenvalue weighted by Gasteiger charge is 2.17. The lowest BCUT2D eigenvalue weighted by atomic mass is 9.99. The first-order chi connectivity index (χ1) is 9.49. The van der Waals surface area contributed by atoms with Gasteiger partial charge in [-0.25, -0.2) is 0 Å². The Labute approximate surface area is 127 Å². The van der Waals surface area contributed by atoms with Crippen molar-refractivity contribution in [1.82, 2.24) is 0 Å². The third-order valence-electron chi connectivity index (χ3n) is 3.62. The Bertz CT molecular complexity index is 426. The lowest BCUT2D eigenvalue weighted by molar-refractivity contribution is 0.0944. The van der Waals surface area contributed by atoms with Crippen LogP contribution in [0.5, 0.6) is 0 Å². The summed E-state index contributed by atoms with van der Waals surface area (Å²) in [6.45, 7) is 9.24. The number of unbranched alkanes of at least 4 members (excludes halogenated alkanes) is 1. The van der Waals surface area contributed by atoms with Gasteiger partial charge in [-0.2, -0.15) is 0 Å². The summed E-state index contributed by atoms with van der Waals surface area (Å²) in [5, 5.41) is 4.46. The first-order valence-electron chi connectivity index (χ1n) is 7.66. The topological polar surface area (TPSA) is 55.1 Å². The third-order valence-corrected chi connectivity index (χ3v) is 4.74. The molecule has 1 unspecified atom stereocenters. The molecule has 0 aliphatic heterocycles. The van der Waals surface area contributed by atoms with Gasteiger partial charge in [-0.3, -0.25) is 4.79 Å². The maximum absolute atomic E-state index is 12.0. The van der Waals surface area contributed by atoms with Crippen molar-refractivity contribution in [3.63, 3.8) is 0 Å². The van der Waals surface area contributed by atoms with Gasteiger partial charge in [-0.15, -0.1) is 11.3 Å². The van der Waals surface area contributed by atoms with Crippen molar-refractivity contribution < 1.29 is 4.79 Å². The Kier molecular flexibility index (Phi) is 7.06. The molecule has 0 saturated carbocycles. The number of carbonyl (C=O) groups is 1. The minimum Gasteiger partial charge on any atom is -0.397 e. The van der Waals surface area contributed by atoms with Gasteiger partial charge >= 0.3 is 0 Å². The van der Waals surface area contributed by atoms with Crippen LogP contribution in [0.15, 0.2) is 6.07 Å². The molecule has 1 rings (SSSR count). The highest BCUT2D eigenvalue weighted by Crippen LogP contribution is 2.31. The van der Waals surface area contributed by atoms with Crippen LogP contribution < -0.4 is 11.1 Å². The molecule has 0 bridgehead atoms. The number of hydrogen-bond acceptors (Lipinski definition) is 4. The van der Waals surface area contributed by atoms with Gasteiger partial charge in [-0.1, -0.05) is 47.0 Å². The number of nitrogens with two attached hydrogens (primary N) is 1. The summed E-state index contributed by atoms with van der Waals surface area (Å²) >= 11 is 1.49. The fourth-order valence-corrected chi connectivity index (χ4v) is 3.21. The van der Waals surface area contributed by atoms with Crippen molar-refractivity contribution in [1.29, 1.82) is 0 Å². The molecule has 0 aliphatic carbocycles. The molecule has 0 spiro atoms. The molecule has 20 heavy (non-hydrogen) atoms. The van der Waals surface area contributed by atoms with E-state index in [4.69, 9.17) is 5.73 Å². The molecule has 4 heteroatoms. The average Bonchev–Trinajstić information content (AvgIpc) is 2.79. The van der Waals surface area contributed by atoms with Gasteiger partial charge < -0.3 is 11.1 Å². The van der Waals surface area contributed by atoms with E-state index in [0.717, 1.165) is 11.5 Å². The molecular weight excluding hydrogens is 268 g/mol. The number of nitrogen functional groups attached to an aromatic ring is 1. The summed E-state index contributed by atoms with van der Waals surface area (Å²) in [4.78, 5) is 12.7. The molecule has 3 N–H and O–H groups in total. The first kappa shape index (κ1) is 17.0. The fourth-order valence-electron chi connectivity index (χ4n) is 2.14. The molecule has 0 radical (unpaired) electrons. The van der Waals surface area contributed by atoms with Crippen LogP contribution in [-0.4, -0.2) is 12.3 Å². The van der Waals surface area contributed by atoms with E-state index in [1.165, 1.54) is 37.0 Å². The number of ketones is 1. The van der Waals surface area contributed by atoms with Gasteiger partial charge in [0.1, 0.15) is 0 Å². The molecule has 0 aromatic carbocycles. The molecule has 0 aliphatic rings. The zero-order valence-electron chi connectivity index (χ0n) is 13.2. The Balaban J connectivity index is 2.60. The largest absolute Gasteiger partial charge is 0.397 e. The number of carbonyl (C=O) groups excluding carboxylic acids is 1. The van der Waals surface area contributed by atoms with E-state index in [2.05, 4.69) is 19.2 Å². The molecule has 0 fully saturated rings. The van der Waals surface area contributed by atoms with Crippen LogP contribution >= 0.6 is 11.3 Å². The minimum atomic E-state index is -0.00301. The van der Waals surface area contributed by atoms with Gasteiger partial charge in [0.05, 0.1) is 15.6 Å². The maximum atomic E-state index is 12.0. The second-order valence-electron chi connectivity index (χ2n) is 5.71. The molecule has 0 saturated heterocycles. The number of rotatable bonds is 9. The summed E-state index contributed by atoms with van der Waals surface area (Å²) in [5.41, 5.74) is 6.56. The molecular formula is C16H28N2OS.